The van der Waals surface area contributed by atoms with Gasteiger partial charge in [-0.2, -0.15) is 0 Å². The fourth-order valence-corrected chi connectivity index (χ4v) is 2.73. The second-order valence-electron chi connectivity index (χ2n) is 5.97. The predicted octanol–water partition coefficient (Wildman–Crippen LogP) is 3.59. The van der Waals surface area contributed by atoms with E-state index >= 15 is 0 Å². The van der Waals surface area contributed by atoms with Crippen LogP contribution in [0.15, 0.2) is 64.3 Å². The molecule has 0 unspecified atom stereocenters. The highest BCUT2D eigenvalue weighted by Gasteiger charge is 2.14. The van der Waals surface area contributed by atoms with Gasteiger partial charge in [0.25, 0.3) is 0 Å². The van der Waals surface area contributed by atoms with Crippen molar-refractivity contribution >= 4 is 16.9 Å². The van der Waals surface area contributed by atoms with Crippen molar-refractivity contribution in [2.75, 3.05) is 27.4 Å². The van der Waals surface area contributed by atoms with E-state index in [1.807, 2.05) is 0 Å². The monoisotopic (exact) mass is 396 g/mol. The van der Waals surface area contributed by atoms with Gasteiger partial charge in [-0.15, -0.1) is 0 Å². The molecule has 7 heteroatoms. The number of hydrogen-bond acceptors (Lipinski definition) is 7. The van der Waals surface area contributed by atoms with Crippen molar-refractivity contribution in [1.82, 2.24) is 0 Å². The van der Waals surface area contributed by atoms with E-state index in [9.17, 15) is 9.59 Å². The summed E-state index contributed by atoms with van der Waals surface area (Å²) in [4.78, 5) is 24.1. The van der Waals surface area contributed by atoms with Gasteiger partial charge in [0.2, 0.25) is 0 Å². The first-order chi connectivity index (χ1) is 14.0. The lowest BCUT2D eigenvalue weighted by Gasteiger charge is -2.11. The number of ether oxygens (including phenoxy) is 4. The molecule has 0 aliphatic heterocycles. The highest BCUT2D eigenvalue weighted by atomic mass is 16.6. The topological polar surface area (TPSA) is 84.2 Å². The van der Waals surface area contributed by atoms with E-state index in [-0.39, 0.29) is 13.2 Å². The zero-order valence-corrected chi connectivity index (χ0v) is 16.1. The van der Waals surface area contributed by atoms with Crippen LogP contribution in [0.25, 0.3) is 22.1 Å². The van der Waals surface area contributed by atoms with Gasteiger partial charge in [0.05, 0.1) is 19.8 Å². The zero-order chi connectivity index (χ0) is 20.8. The molecule has 3 rings (SSSR count). The summed E-state index contributed by atoms with van der Waals surface area (Å²) in [5.41, 5.74) is 0.701. The Morgan fingerprint density at radius 3 is 2.55 bits per heavy atom. The normalized spacial score (nSPS) is 10.4. The van der Waals surface area contributed by atoms with E-state index < -0.39 is 11.6 Å². The molecular weight excluding hydrogens is 376 g/mol. The van der Waals surface area contributed by atoms with Gasteiger partial charge >= 0.3 is 11.6 Å². The molecule has 2 aromatic carbocycles. The minimum atomic E-state index is -0.536. The van der Waals surface area contributed by atoms with Gasteiger partial charge in [0.1, 0.15) is 29.4 Å². The zero-order valence-electron chi connectivity index (χ0n) is 16.1. The molecule has 1 aromatic heterocycles. The molecular formula is C22H20O7. The summed E-state index contributed by atoms with van der Waals surface area (Å²) in [5.74, 6) is 0.970. The molecule has 0 amide bonds. The molecule has 0 bridgehead atoms. The molecule has 0 spiro atoms. The largest absolute Gasteiger partial charge is 0.497 e. The maximum absolute atomic E-state index is 12.6. The van der Waals surface area contributed by atoms with Gasteiger partial charge in [-0.25, -0.2) is 9.59 Å². The minimum absolute atomic E-state index is 0.116. The molecule has 3 aromatic rings. The van der Waals surface area contributed by atoms with Crippen molar-refractivity contribution in [2.24, 2.45) is 0 Å². The van der Waals surface area contributed by atoms with Crippen LogP contribution in [0.2, 0.25) is 0 Å². The summed E-state index contributed by atoms with van der Waals surface area (Å²) < 4.78 is 26.3. The number of carbonyl (C=O) groups excluding carboxylic acids is 1. The van der Waals surface area contributed by atoms with Crippen molar-refractivity contribution < 1.29 is 28.2 Å². The lowest BCUT2D eigenvalue weighted by atomic mass is 10.0. The molecule has 1 heterocycles. The molecule has 0 N–H and O–H groups in total. The second-order valence-corrected chi connectivity index (χ2v) is 5.97. The third kappa shape index (κ3) is 4.57. The van der Waals surface area contributed by atoms with E-state index in [1.54, 1.807) is 49.6 Å². The number of benzene rings is 2. The molecule has 0 radical (unpaired) electrons. The van der Waals surface area contributed by atoms with Crippen LogP contribution in [0.3, 0.4) is 0 Å². The molecule has 29 heavy (non-hydrogen) atoms. The Kier molecular flexibility index (Phi) is 6.19. The van der Waals surface area contributed by atoms with Crippen LogP contribution in [-0.4, -0.2) is 33.4 Å². The van der Waals surface area contributed by atoms with Crippen LogP contribution < -0.4 is 19.8 Å². The standard InChI is InChI=1S/C22H20O7/c1-4-9-27-21(23)13-28-16-6-5-14-10-18(22(24)29-20(14)12-16)17-11-15(25-2)7-8-19(17)26-3/h4-8,10-12H,1,9,13H2,2-3H3. The van der Waals surface area contributed by atoms with Crippen LogP contribution in [0.1, 0.15) is 0 Å². The summed E-state index contributed by atoms with van der Waals surface area (Å²) in [6.45, 7) is 3.32. The maximum atomic E-state index is 12.6. The van der Waals surface area contributed by atoms with Crippen molar-refractivity contribution in [1.29, 1.82) is 0 Å². The summed E-state index contributed by atoms with van der Waals surface area (Å²) in [6.07, 6.45) is 1.47. The van der Waals surface area contributed by atoms with E-state index in [0.717, 1.165) is 0 Å². The lowest BCUT2D eigenvalue weighted by Crippen LogP contribution is -2.14. The maximum Gasteiger partial charge on any atom is 0.344 e. The number of rotatable bonds is 8. The number of fused-ring (bicyclic) bond motifs is 1. The number of carbonyl (C=O) groups is 1. The molecule has 0 aliphatic carbocycles. The quantitative estimate of drug-likeness (QED) is 0.327. The van der Waals surface area contributed by atoms with E-state index in [4.69, 9.17) is 23.4 Å². The van der Waals surface area contributed by atoms with Crippen molar-refractivity contribution in [2.45, 2.75) is 0 Å². The number of methoxy groups -OCH3 is 2. The van der Waals surface area contributed by atoms with Crippen molar-refractivity contribution in [3.05, 3.63) is 65.5 Å². The highest BCUT2D eigenvalue weighted by Crippen LogP contribution is 2.33. The molecule has 150 valence electrons. The molecule has 0 saturated carbocycles. The molecule has 0 fully saturated rings. The van der Waals surface area contributed by atoms with Crippen LogP contribution in [0.5, 0.6) is 17.2 Å². The second kappa shape index (κ2) is 8.97. The number of esters is 1. The van der Waals surface area contributed by atoms with Crippen LogP contribution in [-0.2, 0) is 9.53 Å². The average molecular weight is 396 g/mol. The summed E-state index contributed by atoms with van der Waals surface area (Å²) >= 11 is 0. The van der Waals surface area contributed by atoms with Crippen LogP contribution >= 0.6 is 0 Å². The number of hydrogen-bond donors (Lipinski definition) is 0. The smallest absolute Gasteiger partial charge is 0.344 e. The Bertz CT molecular complexity index is 1100. The molecule has 7 nitrogen and oxygen atoms in total. The summed E-state index contributed by atoms with van der Waals surface area (Å²) in [6, 6.07) is 11.8. The van der Waals surface area contributed by atoms with Crippen LogP contribution in [0.4, 0.5) is 0 Å². The molecule has 0 aliphatic rings. The SMILES string of the molecule is C=CCOC(=O)COc1ccc2cc(-c3cc(OC)ccc3OC)c(=O)oc2c1. The highest BCUT2D eigenvalue weighted by molar-refractivity contribution is 5.84. The van der Waals surface area contributed by atoms with Crippen molar-refractivity contribution in [3.63, 3.8) is 0 Å². The first-order valence-electron chi connectivity index (χ1n) is 8.75. The van der Waals surface area contributed by atoms with E-state index in [0.29, 0.717) is 39.3 Å². The van der Waals surface area contributed by atoms with Gasteiger partial charge in [-0.05, 0) is 36.4 Å². The molecule has 0 atom stereocenters. The minimum Gasteiger partial charge on any atom is -0.497 e. The third-order valence-corrected chi connectivity index (χ3v) is 4.12. The Morgan fingerprint density at radius 1 is 1.03 bits per heavy atom. The van der Waals surface area contributed by atoms with E-state index in [2.05, 4.69) is 6.58 Å². The Labute approximate surface area is 167 Å². The molecule has 0 saturated heterocycles. The predicted molar refractivity (Wildman–Crippen MR) is 108 cm³/mol. The lowest BCUT2D eigenvalue weighted by molar-refractivity contribution is -0.144. The van der Waals surface area contributed by atoms with Crippen LogP contribution in [0, 0.1) is 0 Å². The van der Waals surface area contributed by atoms with Gasteiger partial charge in [0.15, 0.2) is 6.61 Å². The Hall–Kier alpha value is -3.74. The van der Waals surface area contributed by atoms with E-state index in [1.165, 1.54) is 13.2 Å². The summed E-state index contributed by atoms with van der Waals surface area (Å²) in [7, 11) is 3.07. The van der Waals surface area contributed by atoms with Crippen molar-refractivity contribution in [3.8, 4) is 28.4 Å². The Morgan fingerprint density at radius 2 is 1.83 bits per heavy atom. The third-order valence-electron chi connectivity index (χ3n) is 4.12. The fraction of sp³-hybridized carbons (Fsp3) is 0.182. The fourth-order valence-electron chi connectivity index (χ4n) is 2.73. The first-order valence-corrected chi connectivity index (χ1v) is 8.75. The van der Waals surface area contributed by atoms with Gasteiger partial charge in [0, 0.05) is 17.0 Å². The van der Waals surface area contributed by atoms with Gasteiger partial charge in [-0.3, -0.25) is 0 Å². The van der Waals surface area contributed by atoms with Gasteiger partial charge < -0.3 is 23.4 Å². The first kappa shape index (κ1) is 20.0. The summed E-state index contributed by atoms with van der Waals surface area (Å²) in [5, 5.41) is 0.686. The van der Waals surface area contributed by atoms with Gasteiger partial charge in [-0.1, -0.05) is 12.7 Å². The average Bonchev–Trinajstić information content (AvgIpc) is 2.75. The Balaban J connectivity index is 1.92.